The van der Waals surface area contributed by atoms with E-state index in [0.717, 1.165) is 44.5 Å². The lowest BCUT2D eigenvalue weighted by atomic mass is 9.76. The molecule has 0 saturated carbocycles. The fourth-order valence-electron chi connectivity index (χ4n) is 12.2. The molecule has 0 spiro atoms. The molecule has 10 nitrogen and oxygen atoms in total. The Hall–Kier alpha value is -8.08. The van der Waals surface area contributed by atoms with Crippen molar-refractivity contribution in [3.8, 4) is 79.0 Å². The number of para-hydroxylation sites is 4. The summed E-state index contributed by atoms with van der Waals surface area (Å²) >= 11 is 0. The van der Waals surface area contributed by atoms with Crippen molar-refractivity contribution in [3.05, 3.63) is 252 Å². The number of benzene rings is 10. The maximum absolute atomic E-state index is 15.8. The summed E-state index contributed by atoms with van der Waals surface area (Å²) in [4.78, 5) is 0. The van der Waals surface area contributed by atoms with Gasteiger partial charge in [0, 0.05) is 49.9 Å². The van der Waals surface area contributed by atoms with Crippen LogP contribution in [0.4, 0.5) is 0 Å². The van der Waals surface area contributed by atoms with E-state index in [1.807, 2.05) is 184 Å². The summed E-state index contributed by atoms with van der Waals surface area (Å²) in [6.45, 7) is 3.97. The molecule has 10 aromatic carbocycles. The highest BCUT2D eigenvalue weighted by atomic mass is 31.2. The highest BCUT2D eigenvalue weighted by molar-refractivity contribution is 7.68. The van der Waals surface area contributed by atoms with Crippen molar-refractivity contribution < 1.29 is 46.6 Å². The number of phenolic OH excluding ortho intramolecular Hbond substituents is 2. The summed E-state index contributed by atoms with van der Waals surface area (Å²) in [7, 11) is -15.5. The minimum atomic E-state index is -3.87. The number of phenols is 2. The van der Waals surface area contributed by atoms with Gasteiger partial charge in [-0.3, -0.25) is 18.3 Å². The van der Waals surface area contributed by atoms with Gasteiger partial charge in [0.1, 0.15) is 34.5 Å². The lowest BCUT2D eigenvalue weighted by Crippen LogP contribution is -2.23. The molecule has 0 aliphatic carbocycles. The zero-order valence-corrected chi connectivity index (χ0v) is 47.6. The van der Waals surface area contributed by atoms with Crippen molar-refractivity contribution in [2.45, 2.75) is 43.9 Å². The molecule has 4 heterocycles. The van der Waals surface area contributed by atoms with E-state index in [1.54, 1.807) is 48.5 Å². The summed E-state index contributed by atoms with van der Waals surface area (Å²) in [6, 6.07) is 66.8. The average molecular weight is 1140 g/mol. The molecule has 14 rings (SSSR count). The fourth-order valence-corrected chi connectivity index (χ4v) is 21.7. The second-order valence-corrected chi connectivity index (χ2v) is 31.0. The van der Waals surface area contributed by atoms with Crippen LogP contribution in [0.1, 0.15) is 47.2 Å². The summed E-state index contributed by atoms with van der Waals surface area (Å²) < 4.78 is 89.5. The first kappa shape index (κ1) is 51.1. The molecule has 0 saturated heterocycles. The van der Waals surface area contributed by atoms with Crippen molar-refractivity contribution >= 4 is 50.7 Å². The monoisotopic (exact) mass is 1140 g/mol. The van der Waals surface area contributed by atoms with Gasteiger partial charge in [-0.25, -0.2) is 0 Å². The lowest BCUT2D eigenvalue weighted by molar-refractivity contribution is 0.454. The topological polar surface area (TPSA) is 146 Å². The standard InChI is InChI=1S/C67H52O10P4/c1-67(2,47-35-43(39-78(70)61-31-15-7-23-53(61)49-19-3-11-27-57(49)74-78)65(68)44(36-47)40-79(71)62-32-16-8-24-54(62)50-20-4-12-28-58(50)75-79)48-37-45(41-80(72)63-33-17-9-25-55(63)51-21-5-13-29-59(51)76-80)66(69)46(38-48)42-81(73)64-34-18-10-26-56(64)52-22-6-14-30-60(52)77-81/h3-38,68-69H,39-42H2,1-2H3. The van der Waals surface area contributed by atoms with Gasteiger partial charge in [-0.2, -0.15) is 0 Å². The number of hydrogen-bond acceptors (Lipinski definition) is 10. The molecule has 0 radical (unpaired) electrons. The molecule has 400 valence electrons. The minimum Gasteiger partial charge on any atom is -0.507 e. The Balaban J connectivity index is 0.948. The molecule has 2 N–H and O–H groups in total. The van der Waals surface area contributed by atoms with E-state index in [0.29, 0.717) is 55.3 Å². The van der Waals surface area contributed by atoms with Crippen LogP contribution in [-0.2, 0) is 48.3 Å². The molecule has 4 unspecified atom stereocenters. The third kappa shape index (κ3) is 8.46. The van der Waals surface area contributed by atoms with Gasteiger partial charge in [0.15, 0.2) is 0 Å². The Bertz CT molecular complexity index is 3940. The number of hydrogen-bond donors (Lipinski definition) is 2. The van der Waals surface area contributed by atoms with Crippen LogP contribution in [-0.4, -0.2) is 10.2 Å². The van der Waals surface area contributed by atoms with E-state index < -0.39 is 34.9 Å². The van der Waals surface area contributed by atoms with Gasteiger partial charge in [0.05, 0.1) is 45.9 Å². The predicted molar refractivity (Wildman–Crippen MR) is 322 cm³/mol. The van der Waals surface area contributed by atoms with Gasteiger partial charge in [0.2, 0.25) is 0 Å². The number of fused-ring (bicyclic) bond motifs is 12. The largest absolute Gasteiger partial charge is 0.507 e. The summed E-state index contributed by atoms with van der Waals surface area (Å²) in [6.07, 6.45) is -0.942. The van der Waals surface area contributed by atoms with Crippen LogP contribution in [0.3, 0.4) is 0 Å². The van der Waals surface area contributed by atoms with Crippen LogP contribution >= 0.6 is 29.5 Å². The third-order valence-electron chi connectivity index (χ3n) is 16.3. The summed E-state index contributed by atoms with van der Waals surface area (Å²) in [5.41, 5.74) is 7.52. The molecule has 14 heteroatoms. The Morgan fingerprint density at radius 3 is 0.741 bits per heavy atom. The van der Waals surface area contributed by atoms with Crippen molar-refractivity contribution in [3.63, 3.8) is 0 Å². The molecule has 0 amide bonds. The van der Waals surface area contributed by atoms with E-state index in [4.69, 9.17) is 18.1 Å². The molecule has 4 aliphatic heterocycles. The Labute approximate surface area is 469 Å². The van der Waals surface area contributed by atoms with Crippen LogP contribution in [0.2, 0.25) is 0 Å². The van der Waals surface area contributed by atoms with E-state index in [2.05, 4.69) is 0 Å². The van der Waals surface area contributed by atoms with E-state index >= 15 is 18.3 Å². The maximum Gasteiger partial charge on any atom is 0.282 e. The average Bonchev–Trinajstić information content (AvgIpc) is 3.51. The first-order chi connectivity index (χ1) is 39.1. The van der Waals surface area contributed by atoms with Gasteiger partial charge in [-0.1, -0.05) is 184 Å². The Morgan fingerprint density at radius 2 is 0.506 bits per heavy atom. The smallest absolute Gasteiger partial charge is 0.282 e. The molecule has 81 heavy (non-hydrogen) atoms. The first-order valence-corrected chi connectivity index (χ1v) is 34.0. The molecule has 10 aromatic rings. The second kappa shape index (κ2) is 19.0. The molecular weight excluding hydrogens is 1090 g/mol. The first-order valence-electron chi connectivity index (χ1n) is 26.7. The highest BCUT2D eigenvalue weighted by Gasteiger charge is 2.44. The quantitative estimate of drug-likeness (QED) is 0.127. The Kier molecular flexibility index (Phi) is 12.0. The van der Waals surface area contributed by atoms with Crippen molar-refractivity contribution in [2.75, 3.05) is 0 Å². The van der Waals surface area contributed by atoms with Gasteiger partial charge in [-0.15, -0.1) is 0 Å². The van der Waals surface area contributed by atoms with Crippen molar-refractivity contribution in [1.82, 2.24) is 0 Å². The number of aromatic hydroxyl groups is 2. The molecule has 4 atom stereocenters. The molecule has 4 aliphatic rings. The molecule has 0 fully saturated rings. The van der Waals surface area contributed by atoms with Crippen LogP contribution in [0.25, 0.3) is 44.5 Å². The Morgan fingerprint density at radius 1 is 0.309 bits per heavy atom. The maximum atomic E-state index is 15.8. The highest BCUT2D eigenvalue weighted by Crippen LogP contribution is 2.63. The molecule has 0 aromatic heterocycles. The summed E-state index contributed by atoms with van der Waals surface area (Å²) in [5.74, 6) is 1.40. The molecular formula is C67H52O10P4. The summed E-state index contributed by atoms with van der Waals surface area (Å²) in [5, 5.41) is 27.6. The zero-order valence-electron chi connectivity index (χ0n) is 44.1. The van der Waals surface area contributed by atoms with Crippen molar-refractivity contribution in [2.24, 2.45) is 0 Å². The van der Waals surface area contributed by atoms with Crippen LogP contribution in [0.5, 0.6) is 34.5 Å². The zero-order chi connectivity index (χ0) is 55.5. The van der Waals surface area contributed by atoms with Crippen molar-refractivity contribution in [1.29, 1.82) is 0 Å². The van der Waals surface area contributed by atoms with E-state index in [1.165, 1.54) is 0 Å². The van der Waals surface area contributed by atoms with Gasteiger partial charge in [0.25, 0.3) is 29.5 Å². The lowest BCUT2D eigenvalue weighted by Gasteiger charge is -2.33. The molecule has 0 bridgehead atoms. The fraction of sp³-hybridized carbons (Fsp3) is 0.104. The predicted octanol–water partition coefficient (Wildman–Crippen LogP) is 16.1. The minimum absolute atomic E-state index is 0.204. The van der Waals surface area contributed by atoms with Crippen LogP contribution in [0.15, 0.2) is 218 Å². The second-order valence-electron chi connectivity index (χ2n) is 21.7. The van der Waals surface area contributed by atoms with E-state index in [-0.39, 0.29) is 58.4 Å². The van der Waals surface area contributed by atoms with Crippen LogP contribution in [0, 0.1) is 0 Å². The van der Waals surface area contributed by atoms with Gasteiger partial charge in [-0.05, 0) is 81.9 Å². The number of rotatable bonds is 10. The normalized spacial score (nSPS) is 20.6. The SMILES string of the molecule is CC(C)(c1cc(CP2(=O)Oc3ccccc3-c3ccccc32)c(O)c(CP2(=O)Oc3ccccc3-c3ccccc32)c1)c1cc(CP2(=O)Oc3ccccc3-c3ccccc32)c(O)c(CP2(=O)Oc3ccccc3-c3ccccc32)c1. The van der Waals surface area contributed by atoms with E-state index in [9.17, 15) is 10.2 Å². The third-order valence-corrected chi connectivity index (χ3v) is 25.8. The van der Waals surface area contributed by atoms with Crippen LogP contribution < -0.4 is 39.3 Å². The van der Waals surface area contributed by atoms with Gasteiger partial charge >= 0.3 is 0 Å². The van der Waals surface area contributed by atoms with Gasteiger partial charge < -0.3 is 28.3 Å².